The predicted molar refractivity (Wildman–Crippen MR) is 112 cm³/mol. The summed E-state index contributed by atoms with van der Waals surface area (Å²) in [5.41, 5.74) is 0.881. The number of halogens is 3. The van der Waals surface area contributed by atoms with Crippen LogP contribution in [0.4, 0.5) is 18.9 Å². The third-order valence-corrected chi connectivity index (χ3v) is 6.32. The molecule has 1 unspecified atom stereocenters. The minimum Gasteiger partial charge on any atom is -0.351 e. The number of aryl methyl sites for hydroxylation is 2. The summed E-state index contributed by atoms with van der Waals surface area (Å²) in [6.45, 7) is 3.61. The number of hydrogen-bond acceptors (Lipinski definition) is 3. The summed E-state index contributed by atoms with van der Waals surface area (Å²) < 4.78 is 40.6. The number of nitrogens with zero attached hydrogens (tertiary/aromatic N) is 1. The van der Waals surface area contributed by atoms with Gasteiger partial charge in [0.25, 0.3) is 0 Å². The average molecular weight is 439 g/mol. The lowest BCUT2D eigenvalue weighted by Gasteiger charge is -2.33. The van der Waals surface area contributed by atoms with Gasteiger partial charge in [-0.1, -0.05) is 37.0 Å². The maximum absolute atomic E-state index is 13.5. The number of anilines is 1. The van der Waals surface area contributed by atoms with E-state index in [0.717, 1.165) is 42.5 Å². The van der Waals surface area contributed by atoms with Crippen molar-refractivity contribution < 1.29 is 22.8 Å². The van der Waals surface area contributed by atoms with Crippen LogP contribution in [0.5, 0.6) is 0 Å². The molecule has 3 rings (SSSR count). The molecule has 8 heteroatoms. The molecule has 1 aromatic carbocycles. The van der Waals surface area contributed by atoms with Crippen LogP contribution in [0.1, 0.15) is 53.5 Å². The second-order valence-electron chi connectivity index (χ2n) is 7.70. The van der Waals surface area contributed by atoms with Crippen molar-refractivity contribution in [2.24, 2.45) is 0 Å². The molecule has 2 amide bonds. The van der Waals surface area contributed by atoms with Crippen molar-refractivity contribution in [1.82, 2.24) is 5.32 Å². The molecule has 2 aromatic rings. The van der Waals surface area contributed by atoms with Crippen LogP contribution in [0.3, 0.4) is 0 Å². The minimum atomic E-state index is -5.11. The first kappa shape index (κ1) is 22.3. The number of nitrogens with one attached hydrogen (secondary N) is 1. The van der Waals surface area contributed by atoms with Crippen LogP contribution < -0.4 is 10.2 Å². The molecule has 1 fully saturated rings. The van der Waals surface area contributed by atoms with E-state index < -0.39 is 24.0 Å². The van der Waals surface area contributed by atoms with Gasteiger partial charge >= 0.3 is 12.1 Å². The first-order chi connectivity index (χ1) is 14.2. The molecule has 1 heterocycles. The summed E-state index contributed by atoms with van der Waals surface area (Å²) in [6, 6.07) is 8.03. The van der Waals surface area contributed by atoms with E-state index >= 15 is 0 Å². The Hall–Kier alpha value is -2.35. The molecule has 0 bridgehead atoms. The number of benzene rings is 1. The quantitative estimate of drug-likeness (QED) is 0.675. The molecule has 1 atom stereocenters. The number of thiophene rings is 1. The zero-order valence-electron chi connectivity index (χ0n) is 17.0. The number of carbonyl (C=O) groups excluding carboxylic acids is 2. The van der Waals surface area contributed by atoms with Gasteiger partial charge < -0.3 is 5.32 Å². The van der Waals surface area contributed by atoms with Crippen LogP contribution in [-0.4, -0.2) is 24.0 Å². The van der Waals surface area contributed by atoms with Crippen molar-refractivity contribution in [3.05, 3.63) is 51.7 Å². The molecule has 1 aliphatic carbocycles. The maximum Gasteiger partial charge on any atom is 0.471 e. The van der Waals surface area contributed by atoms with Crippen molar-refractivity contribution in [2.75, 3.05) is 4.90 Å². The van der Waals surface area contributed by atoms with Gasteiger partial charge in [-0.25, -0.2) is 0 Å². The summed E-state index contributed by atoms with van der Waals surface area (Å²) in [5.74, 6) is -2.64. The zero-order valence-corrected chi connectivity index (χ0v) is 17.8. The van der Waals surface area contributed by atoms with E-state index in [1.54, 1.807) is 31.2 Å². The Morgan fingerprint density at radius 3 is 2.20 bits per heavy atom. The fourth-order valence-electron chi connectivity index (χ4n) is 3.73. The number of hydrogen-bond donors (Lipinski definition) is 1. The largest absolute Gasteiger partial charge is 0.471 e. The Morgan fingerprint density at radius 1 is 1.03 bits per heavy atom. The van der Waals surface area contributed by atoms with Crippen molar-refractivity contribution in [2.45, 2.75) is 64.2 Å². The molecular formula is C22H25F3N2O2S. The number of rotatable bonds is 5. The predicted octanol–water partition coefficient (Wildman–Crippen LogP) is 5.45. The molecule has 4 nitrogen and oxygen atoms in total. The van der Waals surface area contributed by atoms with Gasteiger partial charge in [0.1, 0.15) is 0 Å². The molecular weight excluding hydrogens is 413 g/mol. The number of carbonyl (C=O) groups is 2. The molecule has 1 saturated carbocycles. The molecule has 0 aliphatic heterocycles. The molecule has 0 saturated heterocycles. The van der Waals surface area contributed by atoms with Crippen molar-refractivity contribution in [3.63, 3.8) is 0 Å². The molecule has 1 N–H and O–H groups in total. The third-order valence-electron chi connectivity index (χ3n) is 5.26. The summed E-state index contributed by atoms with van der Waals surface area (Å²) >= 11 is 1.22. The van der Waals surface area contributed by atoms with E-state index in [0.29, 0.717) is 9.78 Å². The zero-order chi connectivity index (χ0) is 21.9. The van der Waals surface area contributed by atoms with Gasteiger partial charge in [0, 0.05) is 21.5 Å². The topological polar surface area (TPSA) is 49.4 Å². The number of alkyl halides is 3. The highest BCUT2D eigenvalue weighted by molar-refractivity contribution is 7.12. The first-order valence-corrected chi connectivity index (χ1v) is 10.8. The smallest absolute Gasteiger partial charge is 0.351 e. The fourth-order valence-corrected chi connectivity index (χ4v) is 4.69. The Bertz CT molecular complexity index is 887. The van der Waals surface area contributed by atoms with Crippen molar-refractivity contribution in [1.29, 1.82) is 0 Å². The van der Waals surface area contributed by atoms with E-state index in [1.807, 2.05) is 6.92 Å². The molecule has 30 heavy (non-hydrogen) atoms. The molecule has 0 spiro atoms. The van der Waals surface area contributed by atoms with Crippen LogP contribution >= 0.6 is 11.3 Å². The Labute approximate surface area is 178 Å². The third kappa shape index (κ3) is 5.22. The van der Waals surface area contributed by atoms with Gasteiger partial charge in [0.15, 0.2) is 6.04 Å². The lowest BCUT2D eigenvalue weighted by atomic mass is 9.95. The van der Waals surface area contributed by atoms with E-state index in [9.17, 15) is 22.8 Å². The summed E-state index contributed by atoms with van der Waals surface area (Å²) in [5, 5.41) is 2.90. The normalized spacial score (nSPS) is 16.2. The van der Waals surface area contributed by atoms with Gasteiger partial charge in [0.05, 0.1) is 0 Å². The van der Waals surface area contributed by atoms with E-state index in [1.165, 1.54) is 23.5 Å². The molecule has 1 aromatic heterocycles. The standard InChI is InChI=1S/C22H25F3N2O2S/c1-14-8-11-17(12-9-14)27(21(29)22(23,24)25)19(18-13-10-15(2)30-18)20(28)26-16-6-4-3-5-7-16/h8-13,16,19H,3-7H2,1-2H3,(H,26,28). The molecule has 0 radical (unpaired) electrons. The highest BCUT2D eigenvalue weighted by atomic mass is 32.1. The molecule has 1 aliphatic rings. The fraction of sp³-hybridized carbons (Fsp3) is 0.455. The lowest BCUT2D eigenvalue weighted by molar-refractivity contribution is -0.171. The highest BCUT2D eigenvalue weighted by Gasteiger charge is 2.48. The lowest BCUT2D eigenvalue weighted by Crippen LogP contribution is -2.50. The first-order valence-electron chi connectivity index (χ1n) is 10.0. The van der Waals surface area contributed by atoms with Gasteiger partial charge in [-0.15, -0.1) is 11.3 Å². The van der Waals surface area contributed by atoms with E-state index in [-0.39, 0.29) is 11.7 Å². The van der Waals surface area contributed by atoms with Gasteiger partial charge in [0.2, 0.25) is 5.91 Å². The summed E-state index contributed by atoms with van der Waals surface area (Å²) in [4.78, 5) is 27.6. The van der Waals surface area contributed by atoms with Gasteiger partial charge in [-0.05, 0) is 51.0 Å². The Balaban J connectivity index is 2.04. The average Bonchev–Trinajstić information content (AvgIpc) is 3.12. The highest BCUT2D eigenvalue weighted by Crippen LogP contribution is 2.36. The van der Waals surface area contributed by atoms with Crippen LogP contribution in [0.15, 0.2) is 36.4 Å². The summed E-state index contributed by atoms with van der Waals surface area (Å²) in [7, 11) is 0. The van der Waals surface area contributed by atoms with E-state index in [2.05, 4.69) is 5.32 Å². The van der Waals surface area contributed by atoms with E-state index in [4.69, 9.17) is 0 Å². The Kier molecular flexibility index (Phi) is 6.85. The second-order valence-corrected chi connectivity index (χ2v) is 9.02. The van der Waals surface area contributed by atoms with Crippen LogP contribution in [0.2, 0.25) is 0 Å². The second kappa shape index (κ2) is 9.20. The maximum atomic E-state index is 13.5. The van der Waals surface area contributed by atoms with Crippen molar-refractivity contribution >= 4 is 28.8 Å². The van der Waals surface area contributed by atoms with Gasteiger partial charge in [-0.2, -0.15) is 13.2 Å². The van der Waals surface area contributed by atoms with Gasteiger partial charge in [-0.3, -0.25) is 14.5 Å². The number of amides is 2. The van der Waals surface area contributed by atoms with Crippen LogP contribution in [0, 0.1) is 13.8 Å². The van der Waals surface area contributed by atoms with Crippen LogP contribution in [-0.2, 0) is 9.59 Å². The monoisotopic (exact) mass is 438 g/mol. The SMILES string of the molecule is Cc1ccc(N(C(=O)C(F)(F)F)C(C(=O)NC2CCCCC2)c2ccc(C)s2)cc1. The van der Waals surface area contributed by atoms with Crippen molar-refractivity contribution in [3.8, 4) is 0 Å². The Morgan fingerprint density at radius 2 is 1.67 bits per heavy atom. The summed E-state index contributed by atoms with van der Waals surface area (Å²) in [6.07, 6.45) is -0.504. The van der Waals surface area contributed by atoms with Crippen LogP contribution in [0.25, 0.3) is 0 Å². The molecule has 162 valence electrons. The minimum absolute atomic E-state index is 0.0396.